The summed E-state index contributed by atoms with van der Waals surface area (Å²) in [6, 6.07) is 11.1. The third-order valence-corrected chi connectivity index (χ3v) is 4.24. The first-order valence-electron chi connectivity index (χ1n) is 9.05. The maximum atomic E-state index is 5.88. The Labute approximate surface area is 170 Å². The molecule has 0 bridgehead atoms. The third-order valence-electron chi connectivity index (χ3n) is 4.24. The summed E-state index contributed by atoms with van der Waals surface area (Å²) in [5.41, 5.74) is 2.28. The lowest BCUT2D eigenvalue weighted by atomic mass is 10.2. The van der Waals surface area contributed by atoms with E-state index in [1.165, 1.54) is 6.33 Å². The molecule has 29 heavy (non-hydrogen) atoms. The Bertz CT molecular complexity index is 1030. The maximum Gasteiger partial charge on any atom is 0.196 e. The van der Waals surface area contributed by atoms with E-state index in [0.717, 1.165) is 16.6 Å². The van der Waals surface area contributed by atoms with Crippen molar-refractivity contribution in [2.75, 3.05) is 19.5 Å². The number of ether oxygens (including phenoxy) is 4. The number of nitrogens with one attached hydrogen (secondary N) is 1. The smallest absolute Gasteiger partial charge is 0.196 e. The van der Waals surface area contributed by atoms with Gasteiger partial charge in [0.25, 0.3) is 0 Å². The van der Waals surface area contributed by atoms with Gasteiger partial charge >= 0.3 is 0 Å². The van der Waals surface area contributed by atoms with Gasteiger partial charge in [-0.25, -0.2) is 9.97 Å². The van der Waals surface area contributed by atoms with E-state index in [1.807, 2.05) is 30.3 Å². The van der Waals surface area contributed by atoms with Crippen LogP contribution in [0.5, 0.6) is 11.5 Å². The zero-order valence-corrected chi connectivity index (χ0v) is 16.8. The van der Waals surface area contributed by atoms with Crippen LogP contribution in [-0.4, -0.2) is 36.8 Å². The van der Waals surface area contributed by atoms with Crippen molar-refractivity contribution in [3.05, 3.63) is 48.3 Å². The number of nitrogens with zero attached hydrogens (tertiary/aromatic N) is 2. The molecular weight excluding hydrogens is 370 g/mol. The minimum atomic E-state index is -0.471. The van der Waals surface area contributed by atoms with Crippen LogP contribution in [0, 0.1) is 12.3 Å². The van der Waals surface area contributed by atoms with Crippen LogP contribution >= 0.6 is 0 Å². The second-order valence-corrected chi connectivity index (χ2v) is 6.23. The Morgan fingerprint density at radius 2 is 1.66 bits per heavy atom. The Balaban J connectivity index is 2.05. The Hall–Kier alpha value is -3.34. The SMILES string of the molecule is C#Cc1cccc(Nc2ncnc3cc(OC(C)OC)c(OC(C)OC)cc23)c1. The quantitative estimate of drug-likeness (QED) is 0.456. The molecule has 0 spiro atoms. The highest BCUT2D eigenvalue weighted by Crippen LogP contribution is 2.36. The number of benzene rings is 2. The number of aromatic nitrogens is 2. The third kappa shape index (κ3) is 4.93. The molecule has 150 valence electrons. The van der Waals surface area contributed by atoms with Crippen molar-refractivity contribution < 1.29 is 18.9 Å². The second-order valence-electron chi connectivity index (χ2n) is 6.23. The zero-order valence-electron chi connectivity index (χ0n) is 16.8. The topological polar surface area (TPSA) is 74.7 Å². The zero-order chi connectivity index (χ0) is 20.8. The summed E-state index contributed by atoms with van der Waals surface area (Å²) in [6.07, 6.45) is 6.05. The molecule has 0 aliphatic carbocycles. The number of methoxy groups -OCH3 is 2. The normalized spacial score (nSPS) is 12.8. The van der Waals surface area contributed by atoms with Gasteiger partial charge < -0.3 is 24.3 Å². The predicted octanol–water partition coefficient (Wildman–Crippen LogP) is 4.10. The molecule has 7 heteroatoms. The van der Waals surface area contributed by atoms with E-state index in [0.29, 0.717) is 22.8 Å². The first kappa shape index (κ1) is 20.4. The maximum absolute atomic E-state index is 5.88. The van der Waals surface area contributed by atoms with Crippen LogP contribution in [0.3, 0.4) is 0 Å². The number of anilines is 2. The van der Waals surface area contributed by atoms with Crippen molar-refractivity contribution in [2.45, 2.75) is 26.4 Å². The molecule has 1 N–H and O–H groups in total. The number of fused-ring (bicyclic) bond motifs is 1. The van der Waals surface area contributed by atoms with Gasteiger partial charge in [0.2, 0.25) is 0 Å². The fourth-order valence-electron chi connectivity index (χ4n) is 2.63. The Kier molecular flexibility index (Phi) is 6.50. The van der Waals surface area contributed by atoms with Gasteiger partial charge in [0.05, 0.1) is 5.52 Å². The highest BCUT2D eigenvalue weighted by molar-refractivity contribution is 5.93. The van der Waals surface area contributed by atoms with Gasteiger partial charge in [0.1, 0.15) is 12.1 Å². The first-order chi connectivity index (χ1) is 14.0. The van der Waals surface area contributed by atoms with Gasteiger partial charge in [-0.15, -0.1) is 6.42 Å². The van der Waals surface area contributed by atoms with Gasteiger partial charge in [-0.3, -0.25) is 0 Å². The monoisotopic (exact) mass is 393 g/mol. The van der Waals surface area contributed by atoms with Gasteiger partial charge in [-0.1, -0.05) is 12.0 Å². The predicted molar refractivity (Wildman–Crippen MR) is 111 cm³/mol. The average Bonchev–Trinajstić information content (AvgIpc) is 2.74. The van der Waals surface area contributed by atoms with Crippen molar-refractivity contribution in [1.82, 2.24) is 9.97 Å². The first-order valence-corrected chi connectivity index (χ1v) is 9.05. The number of rotatable bonds is 8. The van der Waals surface area contributed by atoms with E-state index in [2.05, 4.69) is 21.2 Å². The minimum Gasteiger partial charge on any atom is -0.461 e. The molecule has 0 fully saturated rings. The van der Waals surface area contributed by atoms with Crippen LogP contribution in [0.1, 0.15) is 19.4 Å². The molecule has 2 aromatic carbocycles. The molecule has 0 radical (unpaired) electrons. The van der Waals surface area contributed by atoms with Crippen molar-refractivity contribution in [3.8, 4) is 23.8 Å². The van der Waals surface area contributed by atoms with E-state index >= 15 is 0 Å². The van der Waals surface area contributed by atoms with Crippen LogP contribution in [-0.2, 0) is 9.47 Å². The van der Waals surface area contributed by atoms with Crippen LogP contribution < -0.4 is 14.8 Å². The fraction of sp³-hybridized carbons (Fsp3) is 0.273. The van der Waals surface area contributed by atoms with E-state index in [-0.39, 0.29) is 0 Å². The lowest BCUT2D eigenvalue weighted by molar-refractivity contribution is -0.0551. The molecule has 0 aliphatic rings. The molecule has 2 unspecified atom stereocenters. The lowest BCUT2D eigenvalue weighted by Gasteiger charge is -2.20. The van der Waals surface area contributed by atoms with Gasteiger partial charge in [-0.05, 0) is 38.1 Å². The average molecular weight is 393 g/mol. The fourth-order valence-corrected chi connectivity index (χ4v) is 2.63. The highest BCUT2D eigenvalue weighted by atomic mass is 16.7. The van der Waals surface area contributed by atoms with E-state index in [4.69, 9.17) is 25.4 Å². The number of terminal acetylenes is 1. The second kappa shape index (κ2) is 9.24. The van der Waals surface area contributed by atoms with Crippen molar-refractivity contribution in [3.63, 3.8) is 0 Å². The van der Waals surface area contributed by atoms with Crippen LogP contribution in [0.4, 0.5) is 11.5 Å². The van der Waals surface area contributed by atoms with Crippen molar-refractivity contribution in [1.29, 1.82) is 0 Å². The molecule has 0 saturated heterocycles. The van der Waals surface area contributed by atoms with Crippen LogP contribution in [0.25, 0.3) is 10.9 Å². The van der Waals surface area contributed by atoms with Gasteiger partial charge in [-0.2, -0.15) is 0 Å². The van der Waals surface area contributed by atoms with Gasteiger partial charge in [0, 0.05) is 36.9 Å². The number of hydrogen-bond donors (Lipinski definition) is 1. The molecule has 1 heterocycles. The summed E-state index contributed by atoms with van der Waals surface area (Å²) < 4.78 is 22.1. The Morgan fingerprint density at radius 1 is 0.966 bits per heavy atom. The number of hydrogen-bond acceptors (Lipinski definition) is 7. The molecule has 0 aliphatic heterocycles. The Morgan fingerprint density at radius 3 is 2.31 bits per heavy atom. The molecule has 1 aromatic heterocycles. The standard InChI is InChI=1S/C22H23N3O4/c1-6-16-8-7-9-17(10-16)25-22-18-11-20(28-14(2)26-4)21(29-15(3)27-5)12-19(18)23-13-24-22/h1,7-15H,2-5H3,(H,23,24,25). The summed E-state index contributed by atoms with van der Waals surface area (Å²) in [7, 11) is 3.14. The summed E-state index contributed by atoms with van der Waals surface area (Å²) in [6.45, 7) is 3.58. The van der Waals surface area contributed by atoms with Crippen molar-refractivity contribution in [2.24, 2.45) is 0 Å². The lowest BCUT2D eigenvalue weighted by Crippen LogP contribution is -2.17. The van der Waals surface area contributed by atoms with Crippen LogP contribution in [0.15, 0.2) is 42.7 Å². The van der Waals surface area contributed by atoms with E-state index in [1.54, 1.807) is 34.1 Å². The molecular formula is C22H23N3O4. The molecule has 0 saturated carbocycles. The molecule has 2 atom stereocenters. The molecule has 0 amide bonds. The van der Waals surface area contributed by atoms with Crippen molar-refractivity contribution >= 4 is 22.4 Å². The molecule has 3 rings (SSSR count). The van der Waals surface area contributed by atoms with Crippen LogP contribution in [0.2, 0.25) is 0 Å². The summed E-state index contributed by atoms with van der Waals surface area (Å²) >= 11 is 0. The van der Waals surface area contributed by atoms with Gasteiger partial charge in [0.15, 0.2) is 24.1 Å². The highest BCUT2D eigenvalue weighted by Gasteiger charge is 2.16. The largest absolute Gasteiger partial charge is 0.461 e. The summed E-state index contributed by atoms with van der Waals surface area (Å²) in [5, 5.41) is 4.05. The summed E-state index contributed by atoms with van der Waals surface area (Å²) in [4.78, 5) is 8.74. The molecule has 7 nitrogen and oxygen atoms in total. The minimum absolute atomic E-state index is 0.460. The summed E-state index contributed by atoms with van der Waals surface area (Å²) in [5.74, 6) is 4.23. The molecule has 3 aromatic rings. The van der Waals surface area contributed by atoms with E-state index < -0.39 is 12.6 Å². The van der Waals surface area contributed by atoms with E-state index in [9.17, 15) is 0 Å².